The van der Waals surface area contributed by atoms with Crippen molar-refractivity contribution in [2.24, 2.45) is 5.73 Å². The Morgan fingerprint density at radius 3 is 2.69 bits per heavy atom. The predicted octanol–water partition coefficient (Wildman–Crippen LogP) is 3.05. The zero-order valence-electron chi connectivity index (χ0n) is 19.8. The number of aromatic nitrogens is 3. The van der Waals surface area contributed by atoms with Gasteiger partial charge in [-0.2, -0.15) is 0 Å². The molecule has 4 heterocycles. The highest BCUT2D eigenvalue weighted by Gasteiger charge is 2.22. The van der Waals surface area contributed by atoms with Gasteiger partial charge in [-0.25, -0.2) is 9.97 Å². The van der Waals surface area contributed by atoms with Gasteiger partial charge in [0.05, 0.1) is 18.4 Å². The Kier molecular flexibility index (Phi) is 5.61. The molecule has 2 aromatic heterocycles. The molecule has 9 nitrogen and oxygen atoms in total. The maximum Gasteiger partial charge on any atom is 0.251 e. The number of amides is 2. The number of nitrogens with zero attached hydrogens (tertiary/aromatic N) is 4. The molecule has 2 aliphatic heterocycles. The van der Waals surface area contributed by atoms with Crippen molar-refractivity contribution in [3.8, 4) is 11.3 Å². The van der Waals surface area contributed by atoms with Crippen LogP contribution in [-0.4, -0.2) is 50.7 Å². The van der Waals surface area contributed by atoms with Gasteiger partial charge in [0.15, 0.2) is 11.5 Å². The van der Waals surface area contributed by atoms with E-state index in [1.54, 1.807) is 6.20 Å². The summed E-state index contributed by atoms with van der Waals surface area (Å²) in [5, 5.41) is 6.27. The lowest BCUT2D eigenvalue weighted by atomic mass is 9.89. The molecule has 1 fully saturated rings. The number of hydrogen-bond donors (Lipinski definition) is 3. The summed E-state index contributed by atoms with van der Waals surface area (Å²) in [5.41, 5.74) is 11.9. The van der Waals surface area contributed by atoms with Crippen LogP contribution in [0.15, 0.2) is 61.1 Å². The van der Waals surface area contributed by atoms with Crippen molar-refractivity contribution in [2.45, 2.75) is 25.3 Å². The van der Waals surface area contributed by atoms with Crippen molar-refractivity contribution in [1.82, 2.24) is 24.6 Å². The fourth-order valence-electron chi connectivity index (χ4n) is 5.23. The van der Waals surface area contributed by atoms with Crippen LogP contribution in [0, 0.1) is 0 Å². The van der Waals surface area contributed by atoms with Crippen molar-refractivity contribution in [2.75, 3.05) is 25.0 Å². The molecule has 0 bridgehead atoms. The summed E-state index contributed by atoms with van der Waals surface area (Å²) in [4.78, 5) is 34.4. The average molecular weight is 482 g/mol. The fourth-order valence-corrected chi connectivity index (χ4v) is 5.23. The molecule has 182 valence electrons. The molecule has 9 heteroatoms. The van der Waals surface area contributed by atoms with Crippen LogP contribution in [-0.2, 0) is 11.3 Å². The molecule has 4 aromatic rings. The third-order valence-electron chi connectivity index (χ3n) is 7.12. The number of carbonyl (C=O) groups is 2. The summed E-state index contributed by atoms with van der Waals surface area (Å²) in [6.45, 7) is 2.66. The summed E-state index contributed by atoms with van der Waals surface area (Å²) in [7, 11) is 0. The van der Waals surface area contributed by atoms with E-state index in [0.717, 1.165) is 59.7 Å². The Hall–Kier alpha value is -4.24. The second kappa shape index (κ2) is 9.09. The van der Waals surface area contributed by atoms with E-state index in [2.05, 4.69) is 49.8 Å². The molecule has 0 unspecified atom stereocenters. The second-order valence-electron chi connectivity index (χ2n) is 9.43. The number of carbonyl (C=O) groups excluding carboxylic acids is 2. The van der Waals surface area contributed by atoms with Gasteiger partial charge in [0.25, 0.3) is 5.91 Å². The summed E-state index contributed by atoms with van der Waals surface area (Å²) in [6.07, 6.45) is 7.55. The number of likely N-dealkylation sites (tertiary alicyclic amines) is 1. The third kappa shape index (κ3) is 4.18. The smallest absolute Gasteiger partial charge is 0.251 e. The van der Waals surface area contributed by atoms with Crippen molar-refractivity contribution in [3.05, 3.63) is 77.7 Å². The quantitative estimate of drug-likeness (QED) is 0.390. The highest BCUT2D eigenvalue weighted by molar-refractivity contribution is 5.98. The Bertz CT molecular complexity index is 1450. The number of imidazole rings is 1. The Labute approximate surface area is 208 Å². The molecule has 2 amide bonds. The monoisotopic (exact) mass is 481 g/mol. The lowest BCUT2D eigenvalue weighted by Crippen LogP contribution is -2.39. The largest absolute Gasteiger partial charge is 0.369 e. The van der Waals surface area contributed by atoms with Crippen LogP contribution < -0.4 is 16.4 Å². The van der Waals surface area contributed by atoms with Crippen molar-refractivity contribution >= 4 is 29.0 Å². The molecule has 2 aliphatic rings. The summed E-state index contributed by atoms with van der Waals surface area (Å²) in [5.74, 6) is 0.867. The van der Waals surface area contributed by atoms with E-state index < -0.39 is 0 Å². The van der Waals surface area contributed by atoms with Gasteiger partial charge < -0.3 is 16.4 Å². The molecule has 1 saturated heterocycles. The van der Waals surface area contributed by atoms with Gasteiger partial charge in [0, 0.05) is 35.8 Å². The molecular weight excluding hydrogens is 454 g/mol. The van der Waals surface area contributed by atoms with Crippen LogP contribution in [0.3, 0.4) is 0 Å². The standard InChI is InChI=1S/C27H27N7O2/c28-24(35)16-33-10-7-18(8-11-33)17-1-4-21(5-2-17)32-25-26-29-9-12-34(26)23(15-30-25)19-3-6-22-20(13-19)14-31-27(22)36/h1-6,9,12-13,15,18H,7-8,10-11,14,16H2,(H2,28,35)(H,30,32)(H,31,36). The van der Waals surface area contributed by atoms with E-state index in [0.29, 0.717) is 24.8 Å². The molecule has 0 radical (unpaired) electrons. The number of rotatable bonds is 6. The van der Waals surface area contributed by atoms with Gasteiger partial charge in [-0.15, -0.1) is 0 Å². The first kappa shape index (κ1) is 22.2. The number of hydrogen-bond acceptors (Lipinski definition) is 6. The molecule has 6 rings (SSSR count). The lowest BCUT2D eigenvalue weighted by molar-refractivity contribution is -0.119. The van der Waals surface area contributed by atoms with E-state index in [1.807, 2.05) is 35.0 Å². The lowest BCUT2D eigenvalue weighted by Gasteiger charge is -2.31. The summed E-state index contributed by atoms with van der Waals surface area (Å²) < 4.78 is 2.01. The maximum atomic E-state index is 11.9. The van der Waals surface area contributed by atoms with Crippen molar-refractivity contribution < 1.29 is 9.59 Å². The van der Waals surface area contributed by atoms with Crippen LogP contribution in [0.1, 0.15) is 40.2 Å². The first-order chi connectivity index (χ1) is 17.5. The summed E-state index contributed by atoms with van der Waals surface area (Å²) >= 11 is 0. The van der Waals surface area contributed by atoms with Crippen molar-refractivity contribution in [3.63, 3.8) is 0 Å². The average Bonchev–Trinajstić information content (AvgIpc) is 3.52. The van der Waals surface area contributed by atoms with Crippen LogP contribution >= 0.6 is 0 Å². The Morgan fingerprint density at radius 1 is 1.11 bits per heavy atom. The highest BCUT2D eigenvalue weighted by atomic mass is 16.2. The van der Waals surface area contributed by atoms with Crippen LogP contribution in [0.25, 0.3) is 16.9 Å². The van der Waals surface area contributed by atoms with Gasteiger partial charge in [-0.1, -0.05) is 18.2 Å². The number of piperidine rings is 1. The number of benzene rings is 2. The number of nitrogens with two attached hydrogens (primary N) is 1. The topological polar surface area (TPSA) is 118 Å². The molecule has 0 saturated carbocycles. The fraction of sp³-hybridized carbons (Fsp3) is 0.259. The van der Waals surface area contributed by atoms with Crippen LogP contribution in [0.2, 0.25) is 0 Å². The number of primary amides is 1. The molecule has 4 N–H and O–H groups in total. The zero-order valence-corrected chi connectivity index (χ0v) is 19.8. The maximum absolute atomic E-state index is 11.9. The predicted molar refractivity (Wildman–Crippen MR) is 137 cm³/mol. The molecule has 36 heavy (non-hydrogen) atoms. The normalized spacial score (nSPS) is 16.2. The van der Waals surface area contributed by atoms with E-state index in [9.17, 15) is 9.59 Å². The summed E-state index contributed by atoms with van der Waals surface area (Å²) in [6, 6.07) is 14.3. The highest BCUT2D eigenvalue weighted by Crippen LogP contribution is 2.31. The van der Waals surface area contributed by atoms with Gasteiger partial charge in [-0.05, 0) is 67.2 Å². The molecular formula is C27H27N7O2. The first-order valence-corrected chi connectivity index (χ1v) is 12.2. The molecule has 2 aromatic carbocycles. The Morgan fingerprint density at radius 2 is 1.92 bits per heavy atom. The van der Waals surface area contributed by atoms with E-state index >= 15 is 0 Å². The number of nitrogens with one attached hydrogen (secondary N) is 2. The van der Waals surface area contributed by atoms with Gasteiger partial charge in [0.2, 0.25) is 5.91 Å². The van der Waals surface area contributed by atoms with Gasteiger partial charge >= 0.3 is 0 Å². The molecule has 0 aliphatic carbocycles. The molecule has 0 atom stereocenters. The zero-order chi connectivity index (χ0) is 24.6. The number of anilines is 2. The van der Waals surface area contributed by atoms with Crippen LogP contribution in [0.4, 0.5) is 11.5 Å². The van der Waals surface area contributed by atoms with E-state index in [1.165, 1.54) is 5.56 Å². The van der Waals surface area contributed by atoms with Crippen molar-refractivity contribution in [1.29, 1.82) is 0 Å². The minimum atomic E-state index is -0.266. The second-order valence-corrected chi connectivity index (χ2v) is 9.43. The minimum Gasteiger partial charge on any atom is -0.369 e. The van der Waals surface area contributed by atoms with Gasteiger partial charge in [0.1, 0.15) is 0 Å². The molecule has 0 spiro atoms. The first-order valence-electron chi connectivity index (χ1n) is 12.2. The number of fused-ring (bicyclic) bond motifs is 2. The van der Waals surface area contributed by atoms with Gasteiger partial charge in [-0.3, -0.25) is 18.9 Å². The third-order valence-corrected chi connectivity index (χ3v) is 7.12. The van der Waals surface area contributed by atoms with E-state index in [-0.39, 0.29) is 11.8 Å². The Balaban J connectivity index is 1.19. The SMILES string of the molecule is NC(=O)CN1CCC(c2ccc(Nc3ncc(-c4ccc5c(c4)CNC5=O)n4ccnc34)cc2)CC1. The van der Waals surface area contributed by atoms with E-state index in [4.69, 9.17) is 5.73 Å². The minimum absolute atomic E-state index is 0.0263. The van der Waals surface area contributed by atoms with Crippen LogP contribution in [0.5, 0.6) is 0 Å².